The number of nitrogens with zero attached hydrogens (tertiary/aromatic N) is 5. The van der Waals surface area contributed by atoms with E-state index in [1.165, 1.54) is 5.56 Å². The van der Waals surface area contributed by atoms with Crippen LogP contribution in [0.15, 0.2) is 49.1 Å². The molecule has 0 aliphatic carbocycles. The number of amides is 1. The van der Waals surface area contributed by atoms with Gasteiger partial charge in [0.2, 0.25) is 0 Å². The third kappa shape index (κ3) is 2.91. The highest BCUT2D eigenvalue weighted by atomic mass is 16.2. The maximum Gasteiger partial charge on any atom is 0.274 e. The maximum atomic E-state index is 12.9. The molecule has 0 N–H and O–H groups in total. The van der Waals surface area contributed by atoms with E-state index in [0.29, 0.717) is 18.8 Å². The van der Waals surface area contributed by atoms with Gasteiger partial charge in [-0.15, -0.1) is 0 Å². The Kier molecular flexibility index (Phi) is 3.80. The van der Waals surface area contributed by atoms with Crippen LogP contribution >= 0.6 is 0 Å². The molecule has 1 aromatic carbocycles. The van der Waals surface area contributed by atoms with Crippen LogP contribution in [0.3, 0.4) is 0 Å². The molecule has 1 amide bonds. The summed E-state index contributed by atoms with van der Waals surface area (Å²) in [7, 11) is 1.91. The fourth-order valence-electron chi connectivity index (χ4n) is 3.33. The Hall–Kier alpha value is -3.02. The third-order valence-corrected chi connectivity index (χ3v) is 4.61. The Morgan fingerprint density at radius 3 is 2.72 bits per heavy atom. The SMILES string of the molecule is Cc1cnc(C(=O)N2Cc3ccccc3C(c3cnn(C)c3)C2)cn1. The van der Waals surface area contributed by atoms with Crippen LogP contribution in [0.1, 0.15) is 38.8 Å². The molecule has 3 heterocycles. The number of carbonyl (C=O) groups is 1. The van der Waals surface area contributed by atoms with Crippen LogP contribution in [0, 0.1) is 6.92 Å². The molecule has 1 aliphatic rings. The van der Waals surface area contributed by atoms with Gasteiger partial charge in [0.05, 0.1) is 18.1 Å². The van der Waals surface area contributed by atoms with Crippen molar-refractivity contribution in [3.8, 4) is 0 Å². The highest BCUT2D eigenvalue weighted by molar-refractivity contribution is 5.92. The molecule has 0 bridgehead atoms. The van der Waals surface area contributed by atoms with Crippen molar-refractivity contribution in [2.24, 2.45) is 7.05 Å². The van der Waals surface area contributed by atoms with E-state index in [1.54, 1.807) is 17.1 Å². The lowest BCUT2D eigenvalue weighted by molar-refractivity contribution is 0.0718. The molecule has 6 heteroatoms. The predicted octanol–water partition coefficient (Wildman–Crippen LogP) is 2.31. The monoisotopic (exact) mass is 333 g/mol. The van der Waals surface area contributed by atoms with Gasteiger partial charge in [0, 0.05) is 38.4 Å². The Labute approximate surface area is 146 Å². The number of hydrogen-bond donors (Lipinski definition) is 0. The van der Waals surface area contributed by atoms with Crippen LogP contribution < -0.4 is 0 Å². The highest BCUT2D eigenvalue weighted by Gasteiger charge is 2.30. The van der Waals surface area contributed by atoms with Crippen LogP contribution in [0.5, 0.6) is 0 Å². The number of aromatic nitrogens is 4. The average molecular weight is 333 g/mol. The van der Waals surface area contributed by atoms with Crippen molar-refractivity contribution in [1.82, 2.24) is 24.6 Å². The van der Waals surface area contributed by atoms with Gasteiger partial charge in [0.25, 0.3) is 5.91 Å². The number of rotatable bonds is 2. The summed E-state index contributed by atoms with van der Waals surface area (Å²) >= 11 is 0. The Bertz CT molecular complexity index is 916. The number of aryl methyl sites for hydroxylation is 2. The van der Waals surface area contributed by atoms with Gasteiger partial charge in [0.1, 0.15) is 5.69 Å². The van der Waals surface area contributed by atoms with Gasteiger partial charge in [-0.1, -0.05) is 24.3 Å². The number of benzene rings is 1. The van der Waals surface area contributed by atoms with E-state index in [4.69, 9.17) is 0 Å². The summed E-state index contributed by atoms with van der Waals surface area (Å²) < 4.78 is 1.80. The van der Waals surface area contributed by atoms with Gasteiger partial charge in [-0.05, 0) is 23.6 Å². The minimum atomic E-state index is -0.0871. The fraction of sp³-hybridized carbons (Fsp3) is 0.263. The zero-order valence-electron chi connectivity index (χ0n) is 14.3. The first-order chi connectivity index (χ1) is 12.1. The summed E-state index contributed by atoms with van der Waals surface area (Å²) in [5.74, 6) is 0.0249. The van der Waals surface area contributed by atoms with Crippen LogP contribution in [-0.4, -0.2) is 37.1 Å². The molecule has 0 saturated heterocycles. The van der Waals surface area contributed by atoms with Crippen molar-refractivity contribution < 1.29 is 4.79 Å². The molecule has 1 aliphatic heterocycles. The van der Waals surface area contributed by atoms with Gasteiger partial charge in [0.15, 0.2) is 0 Å². The lowest BCUT2D eigenvalue weighted by Crippen LogP contribution is -2.39. The molecular weight excluding hydrogens is 314 g/mol. The van der Waals surface area contributed by atoms with E-state index in [0.717, 1.165) is 16.8 Å². The molecule has 25 heavy (non-hydrogen) atoms. The lowest BCUT2D eigenvalue weighted by atomic mass is 9.86. The summed E-state index contributed by atoms with van der Waals surface area (Å²) in [6, 6.07) is 8.28. The van der Waals surface area contributed by atoms with Crippen LogP contribution in [0.2, 0.25) is 0 Å². The minimum absolute atomic E-state index is 0.0871. The Morgan fingerprint density at radius 2 is 2.00 bits per heavy atom. The molecule has 1 atom stereocenters. The van der Waals surface area contributed by atoms with Gasteiger partial charge in [-0.3, -0.25) is 14.5 Å². The zero-order chi connectivity index (χ0) is 17.4. The first-order valence-corrected chi connectivity index (χ1v) is 8.26. The molecule has 4 rings (SSSR count). The van der Waals surface area contributed by atoms with Crippen molar-refractivity contribution in [3.05, 3.63) is 77.1 Å². The van der Waals surface area contributed by atoms with E-state index in [1.807, 2.05) is 43.4 Å². The van der Waals surface area contributed by atoms with Crippen LogP contribution in [0.4, 0.5) is 0 Å². The summed E-state index contributed by atoms with van der Waals surface area (Å²) in [4.78, 5) is 23.2. The molecule has 1 unspecified atom stereocenters. The van der Waals surface area contributed by atoms with Gasteiger partial charge >= 0.3 is 0 Å². The Balaban J connectivity index is 1.70. The quantitative estimate of drug-likeness (QED) is 0.722. The van der Waals surface area contributed by atoms with Gasteiger partial charge < -0.3 is 4.90 Å². The standard InChI is InChI=1S/C19H19N5O/c1-13-7-21-18(9-20-13)19(25)24-11-14-5-3-4-6-16(14)17(12-24)15-8-22-23(2)10-15/h3-10,17H,11-12H2,1-2H3. The molecule has 6 nitrogen and oxygen atoms in total. The smallest absolute Gasteiger partial charge is 0.274 e. The van der Waals surface area contributed by atoms with E-state index in [9.17, 15) is 4.79 Å². The molecule has 3 aromatic rings. The van der Waals surface area contributed by atoms with E-state index in [2.05, 4.69) is 27.2 Å². The molecule has 2 aromatic heterocycles. The van der Waals surface area contributed by atoms with Crippen LogP contribution in [-0.2, 0) is 13.6 Å². The molecular formula is C19H19N5O. The summed E-state index contributed by atoms with van der Waals surface area (Å²) in [5.41, 5.74) is 4.72. The predicted molar refractivity (Wildman–Crippen MR) is 93.0 cm³/mol. The fourth-order valence-corrected chi connectivity index (χ4v) is 3.33. The molecule has 0 saturated carbocycles. The number of carbonyl (C=O) groups excluding carboxylic acids is 1. The van der Waals surface area contributed by atoms with Gasteiger partial charge in [-0.25, -0.2) is 4.98 Å². The first-order valence-electron chi connectivity index (χ1n) is 8.26. The van der Waals surface area contributed by atoms with Crippen molar-refractivity contribution in [1.29, 1.82) is 0 Å². The third-order valence-electron chi connectivity index (χ3n) is 4.61. The summed E-state index contributed by atoms with van der Waals surface area (Å²) in [5, 5.41) is 4.29. The van der Waals surface area contributed by atoms with Gasteiger partial charge in [-0.2, -0.15) is 5.10 Å². The van der Waals surface area contributed by atoms with Crippen molar-refractivity contribution in [2.75, 3.05) is 6.54 Å². The molecule has 0 fully saturated rings. The summed E-state index contributed by atoms with van der Waals surface area (Å²) in [6.45, 7) is 3.05. The van der Waals surface area contributed by atoms with Crippen molar-refractivity contribution >= 4 is 5.91 Å². The molecule has 126 valence electrons. The second kappa shape index (κ2) is 6.12. The zero-order valence-corrected chi connectivity index (χ0v) is 14.3. The van der Waals surface area contributed by atoms with E-state index in [-0.39, 0.29) is 11.8 Å². The average Bonchev–Trinajstić information content (AvgIpc) is 3.07. The van der Waals surface area contributed by atoms with Crippen LogP contribution in [0.25, 0.3) is 0 Å². The second-order valence-corrected chi connectivity index (χ2v) is 6.43. The normalized spacial score (nSPS) is 16.6. The molecule has 0 radical (unpaired) electrons. The minimum Gasteiger partial charge on any atom is -0.332 e. The Morgan fingerprint density at radius 1 is 1.16 bits per heavy atom. The molecule has 0 spiro atoms. The van der Waals surface area contributed by atoms with Crippen molar-refractivity contribution in [3.63, 3.8) is 0 Å². The summed E-state index contributed by atoms with van der Waals surface area (Å²) in [6.07, 6.45) is 7.07. The van der Waals surface area contributed by atoms with E-state index >= 15 is 0 Å². The largest absolute Gasteiger partial charge is 0.332 e. The highest BCUT2D eigenvalue weighted by Crippen LogP contribution is 2.33. The number of fused-ring (bicyclic) bond motifs is 1. The maximum absolute atomic E-state index is 12.9. The first kappa shape index (κ1) is 15.5. The van der Waals surface area contributed by atoms with E-state index < -0.39 is 0 Å². The number of hydrogen-bond acceptors (Lipinski definition) is 4. The van der Waals surface area contributed by atoms with Crippen molar-refractivity contribution in [2.45, 2.75) is 19.4 Å². The second-order valence-electron chi connectivity index (χ2n) is 6.43. The lowest BCUT2D eigenvalue weighted by Gasteiger charge is -2.34. The topological polar surface area (TPSA) is 63.9 Å².